The van der Waals surface area contributed by atoms with Crippen LogP contribution in [-0.2, 0) is 19.5 Å². The molecule has 33 heavy (non-hydrogen) atoms. The van der Waals surface area contributed by atoms with Gasteiger partial charge in [0.15, 0.2) is 12.7 Å². The first-order valence-electron chi connectivity index (χ1n) is 12.6. The van der Waals surface area contributed by atoms with Crippen LogP contribution in [0.5, 0.6) is 5.75 Å². The van der Waals surface area contributed by atoms with Crippen molar-refractivity contribution < 1.29 is 9.30 Å². The molecule has 0 aliphatic carbocycles. The summed E-state index contributed by atoms with van der Waals surface area (Å²) in [6.07, 6.45) is 5.54. The molecule has 0 atom stereocenters. The fraction of sp³-hybridized carbons (Fsp3) is 0.433. The van der Waals surface area contributed by atoms with Crippen LogP contribution >= 0.6 is 0 Å². The summed E-state index contributed by atoms with van der Waals surface area (Å²) in [5.41, 5.74) is 5.37. The zero-order valence-electron chi connectivity index (χ0n) is 21.0. The molecule has 174 valence electrons. The van der Waals surface area contributed by atoms with Gasteiger partial charge in [0, 0.05) is 42.8 Å². The zero-order valence-corrected chi connectivity index (χ0v) is 21.0. The summed E-state index contributed by atoms with van der Waals surface area (Å²) in [5.74, 6) is 2.30. The predicted molar refractivity (Wildman–Crippen MR) is 139 cm³/mol. The Morgan fingerprint density at radius 1 is 0.879 bits per heavy atom. The van der Waals surface area contributed by atoms with Gasteiger partial charge in [-0.3, -0.25) is 0 Å². The molecule has 0 radical (unpaired) electrons. The van der Waals surface area contributed by atoms with E-state index in [0.29, 0.717) is 11.8 Å². The lowest BCUT2D eigenvalue weighted by Crippen LogP contribution is -2.38. The summed E-state index contributed by atoms with van der Waals surface area (Å²) in [4.78, 5) is 0. The second kappa shape index (κ2) is 10.4. The minimum Gasteiger partial charge on any atom is -0.494 e. The molecule has 3 nitrogen and oxygen atoms in total. The van der Waals surface area contributed by atoms with E-state index in [9.17, 15) is 0 Å². The maximum absolute atomic E-state index is 6.12. The first-order valence-corrected chi connectivity index (χ1v) is 12.6. The molecule has 4 rings (SSSR count). The SMILES string of the molecule is Cc1c2c(cc[n+]1CCc1ccccc1)c1ccc(OCCC(C)C)cc1n2CCC(C)C. The quantitative estimate of drug-likeness (QED) is 0.239. The molecule has 0 saturated carbocycles. The van der Waals surface area contributed by atoms with E-state index in [4.69, 9.17) is 4.74 Å². The maximum Gasteiger partial charge on any atom is 0.202 e. The van der Waals surface area contributed by atoms with Crippen LogP contribution in [0.25, 0.3) is 21.8 Å². The number of benzene rings is 2. The van der Waals surface area contributed by atoms with E-state index >= 15 is 0 Å². The number of nitrogens with zero attached hydrogens (tertiary/aromatic N) is 2. The Morgan fingerprint density at radius 3 is 2.36 bits per heavy atom. The highest BCUT2D eigenvalue weighted by Gasteiger charge is 2.20. The molecule has 4 aromatic rings. The Morgan fingerprint density at radius 2 is 1.64 bits per heavy atom. The Bertz CT molecular complexity index is 1200. The molecular formula is C30H39N2O+. The molecule has 0 unspecified atom stereocenters. The van der Waals surface area contributed by atoms with Crippen molar-refractivity contribution in [2.24, 2.45) is 11.8 Å². The third kappa shape index (κ3) is 5.40. The lowest BCUT2D eigenvalue weighted by atomic mass is 10.1. The van der Waals surface area contributed by atoms with Crippen molar-refractivity contribution in [2.75, 3.05) is 6.61 Å². The van der Waals surface area contributed by atoms with E-state index in [1.54, 1.807) is 0 Å². The van der Waals surface area contributed by atoms with E-state index in [2.05, 4.69) is 105 Å². The van der Waals surface area contributed by atoms with Crippen molar-refractivity contribution in [2.45, 2.75) is 67.0 Å². The Labute approximate surface area is 199 Å². The minimum absolute atomic E-state index is 0.653. The highest BCUT2D eigenvalue weighted by atomic mass is 16.5. The fourth-order valence-corrected chi connectivity index (χ4v) is 4.59. The molecule has 0 bridgehead atoms. The van der Waals surface area contributed by atoms with E-state index < -0.39 is 0 Å². The van der Waals surface area contributed by atoms with Crippen LogP contribution in [0.3, 0.4) is 0 Å². The summed E-state index contributed by atoms with van der Waals surface area (Å²) in [6, 6.07) is 19.7. The highest BCUT2D eigenvalue weighted by molar-refractivity contribution is 6.08. The van der Waals surface area contributed by atoms with Crippen LogP contribution in [-0.4, -0.2) is 11.2 Å². The van der Waals surface area contributed by atoms with Gasteiger partial charge in [-0.25, -0.2) is 4.57 Å². The topological polar surface area (TPSA) is 18.0 Å². The van der Waals surface area contributed by atoms with Gasteiger partial charge in [0.1, 0.15) is 11.3 Å². The molecule has 0 aliphatic rings. The van der Waals surface area contributed by atoms with Crippen molar-refractivity contribution in [1.29, 1.82) is 0 Å². The largest absolute Gasteiger partial charge is 0.494 e. The monoisotopic (exact) mass is 443 g/mol. The van der Waals surface area contributed by atoms with Gasteiger partial charge in [0.05, 0.1) is 12.1 Å². The average Bonchev–Trinajstić information content (AvgIpc) is 3.11. The molecule has 2 heterocycles. The number of fused-ring (bicyclic) bond motifs is 3. The standard InChI is InChI=1S/C30H39N2O/c1-22(2)13-19-32-29-21-26(33-20-16-23(3)4)11-12-27(29)28-15-18-31(24(5)30(28)32)17-14-25-9-7-6-8-10-25/h6-12,15,18,21-23H,13-14,16-17,19-20H2,1-5H3/q+1. The number of rotatable bonds is 10. The van der Waals surface area contributed by atoms with E-state index in [1.165, 1.54) is 33.1 Å². The van der Waals surface area contributed by atoms with Gasteiger partial charge in [-0.1, -0.05) is 58.0 Å². The highest BCUT2D eigenvalue weighted by Crippen LogP contribution is 2.33. The Balaban J connectivity index is 1.73. The van der Waals surface area contributed by atoms with Crippen LogP contribution in [0.1, 0.15) is 51.8 Å². The van der Waals surface area contributed by atoms with Crippen molar-refractivity contribution in [3.05, 3.63) is 72.1 Å². The van der Waals surface area contributed by atoms with E-state index in [1.807, 2.05) is 0 Å². The molecule has 0 amide bonds. The van der Waals surface area contributed by atoms with Crippen LogP contribution in [0.4, 0.5) is 0 Å². The molecule has 2 aromatic heterocycles. The summed E-state index contributed by atoms with van der Waals surface area (Å²) in [6.45, 7) is 14.2. The summed E-state index contributed by atoms with van der Waals surface area (Å²) in [5, 5.41) is 2.67. The van der Waals surface area contributed by atoms with Crippen LogP contribution < -0.4 is 9.30 Å². The average molecular weight is 444 g/mol. The van der Waals surface area contributed by atoms with E-state index in [-0.39, 0.29) is 0 Å². The van der Waals surface area contributed by atoms with Gasteiger partial charge in [-0.2, -0.15) is 0 Å². The lowest BCUT2D eigenvalue weighted by Gasteiger charge is -2.12. The fourth-order valence-electron chi connectivity index (χ4n) is 4.59. The Hall–Kier alpha value is -2.81. The number of hydrogen-bond acceptors (Lipinski definition) is 1. The van der Waals surface area contributed by atoms with E-state index in [0.717, 1.165) is 44.7 Å². The normalized spacial score (nSPS) is 11.8. The van der Waals surface area contributed by atoms with Crippen molar-refractivity contribution >= 4 is 21.8 Å². The predicted octanol–water partition coefficient (Wildman–Crippen LogP) is 7.10. The molecule has 0 aliphatic heterocycles. The van der Waals surface area contributed by atoms with Gasteiger partial charge in [-0.15, -0.1) is 0 Å². The summed E-state index contributed by atoms with van der Waals surface area (Å²) >= 11 is 0. The molecule has 0 fully saturated rings. The van der Waals surface area contributed by atoms with Gasteiger partial charge >= 0.3 is 0 Å². The van der Waals surface area contributed by atoms with Crippen molar-refractivity contribution in [3.63, 3.8) is 0 Å². The number of hydrogen-bond donors (Lipinski definition) is 0. The molecule has 0 N–H and O–H groups in total. The van der Waals surface area contributed by atoms with Crippen molar-refractivity contribution in [1.82, 2.24) is 4.57 Å². The Kier molecular flexibility index (Phi) is 7.37. The minimum atomic E-state index is 0.653. The first kappa shape index (κ1) is 23.4. The third-order valence-electron chi connectivity index (χ3n) is 6.65. The maximum atomic E-state index is 6.12. The molecule has 0 spiro atoms. The molecule has 3 heteroatoms. The number of pyridine rings is 1. The third-order valence-corrected chi connectivity index (χ3v) is 6.65. The number of ether oxygens (including phenoxy) is 1. The van der Waals surface area contributed by atoms with Crippen molar-refractivity contribution in [3.8, 4) is 5.75 Å². The zero-order chi connectivity index (χ0) is 23.4. The summed E-state index contributed by atoms with van der Waals surface area (Å²) in [7, 11) is 0. The van der Waals surface area contributed by atoms with Crippen LogP contribution in [0.2, 0.25) is 0 Å². The van der Waals surface area contributed by atoms with Gasteiger partial charge < -0.3 is 9.30 Å². The second-order valence-electron chi connectivity index (χ2n) is 10.1. The van der Waals surface area contributed by atoms with Gasteiger partial charge in [0.2, 0.25) is 5.69 Å². The van der Waals surface area contributed by atoms with Gasteiger partial charge in [0.25, 0.3) is 0 Å². The molecular weight excluding hydrogens is 404 g/mol. The number of aromatic nitrogens is 2. The second-order valence-corrected chi connectivity index (χ2v) is 10.1. The summed E-state index contributed by atoms with van der Waals surface area (Å²) < 4.78 is 11.1. The van der Waals surface area contributed by atoms with Gasteiger partial charge in [-0.05, 0) is 42.4 Å². The van der Waals surface area contributed by atoms with Crippen LogP contribution in [0.15, 0.2) is 60.8 Å². The first-order chi connectivity index (χ1) is 15.9. The smallest absolute Gasteiger partial charge is 0.202 e. The molecule has 0 saturated heterocycles. The number of aryl methyl sites for hydroxylation is 4. The molecule has 2 aromatic carbocycles. The lowest BCUT2D eigenvalue weighted by molar-refractivity contribution is -0.701. The van der Waals surface area contributed by atoms with Crippen LogP contribution in [0, 0.1) is 18.8 Å².